The normalized spacial score (nSPS) is 14.4. The average Bonchev–Trinajstić information content (AvgIpc) is 3.45. The van der Waals surface area contributed by atoms with Crippen LogP contribution in [0.4, 0.5) is 0 Å². The molecule has 0 atom stereocenters. The highest BCUT2D eigenvalue weighted by Crippen LogP contribution is 2.30. The maximum atomic E-state index is 5.98. The number of nitrogens with zero attached hydrogens (tertiary/aromatic N) is 2. The standard InChI is InChI=1S/C22H32N4O2/c1-4-17(5-2)20-12-19(28-26-20)14-25-22(23-3)24-13-18-8-6-7-9-21(18)27-15-16-10-11-16/h6-9,12,16-17H,4-5,10-11,13-15H2,1-3H3,(H2,23,24,25). The Labute approximate surface area is 167 Å². The fourth-order valence-corrected chi connectivity index (χ4v) is 3.16. The number of guanidine groups is 1. The van der Waals surface area contributed by atoms with Crippen molar-refractivity contribution < 1.29 is 9.26 Å². The van der Waals surface area contributed by atoms with Crippen LogP contribution >= 0.6 is 0 Å². The van der Waals surface area contributed by atoms with E-state index in [0.29, 0.717) is 19.0 Å². The molecule has 152 valence electrons. The lowest BCUT2D eigenvalue weighted by atomic mass is 9.99. The van der Waals surface area contributed by atoms with Gasteiger partial charge in [-0.05, 0) is 37.7 Å². The Kier molecular flexibility index (Phi) is 7.34. The Morgan fingerprint density at radius 3 is 2.68 bits per heavy atom. The molecule has 0 saturated heterocycles. The van der Waals surface area contributed by atoms with Gasteiger partial charge in [-0.25, -0.2) is 0 Å². The molecule has 1 heterocycles. The van der Waals surface area contributed by atoms with E-state index in [1.54, 1.807) is 7.05 Å². The number of nitrogens with one attached hydrogen (secondary N) is 2. The zero-order valence-electron chi connectivity index (χ0n) is 17.2. The average molecular weight is 385 g/mol. The number of benzene rings is 1. The second kappa shape index (κ2) is 10.2. The van der Waals surface area contributed by atoms with Crippen LogP contribution in [0.1, 0.15) is 62.5 Å². The monoisotopic (exact) mass is 384 g/mol. The lowest BCUT2D eigenvalue weighted by molar-refractivity contribution is 0.296. The third-order valence-corrected chi connectivity index (χ3v) is 5.23. The molecule has 0 bridgehead atoms. The minimum absolute atomic E-state index is 0.460. The molecule has 3 rings (SSSR count). The Hall–Kier alpha value is -2.50. The number of hydrogen-bond donors (Lipinski definition) is 2. The molecule has 2 aromatic rings. The molecule has 6 nitrogen and oxygen atoms in total. The van der Waals surface area contributed by atoms with E-state index >= 15 is 0 Å². The van der Waals surface area contributed by atoms with Crippen LogP contribution in [0.3, 0.4) is 0 Å². The van der Waals surface area contributed by atoms with E-state index in [1.807, 2.05) is 24.3 Å². The molecule has 1 saturated carbocycles. The van der Waals surface area contributed by atoms with Crippen molar-refractivity contribution in [2.75, 3.05) is 13.7 Å². The molecule has 1 fully saturated rings. The van der Waals surface area contributed by atoms with Gasteiger partial charge in [-0.15, -0.1) is 0 Å². The van der Waals surface area contributed by atoms with E-state index in [4.69, 9.17) is 9.26 Å². The second-order valence-corrected chi connectivity index (χ2v) is 7.37. The minimum atomic E-state index is 0.460. The van der Waals surface area contributed by atoms with Gasteiger partial charge in [0, 0.05) is 31.1 Å². The summed E-state index contributed by atoms with van der Waals surface area (Å²) in [6, 6.07) is 10.2. The van der Waals surface area contributed by atoms with Crippen LogP contribution in [0.2, 0.25) is 0 Å². The van der Waals surface area contributed by atoms with E-state index in [9.17, 15) is 0 Å². The van der Waals surface area contributed by atoms with Gasteiger partial charge in [0.1, 0.15) is 5.75 Å². The molecular formula is C22H32N4O2. The van der Waals surface area contributed by atoms with Crippen molar-refractivity contribution in [2.24, 2.45) is 10.9 Å². The van der Waals surface area contributed by atoms with Crippen LogP contribution in [0.25, 0.3) is 0 Å². The number of hydrogen-bond acceptors (Lipinski definition) is 4. The van der Waals surface area contributed by atoms with Gasteiger partial charge >= 0.3 is 0 Å². The van der Waals surface area contributed by atoms with Crippen molar-refractivity contribution in [3.05, 3.63) is 47.3 Å². The summed E-state index contributed by atoms with van der Waals surface area (Å²) in [7, 11) is 1.76. The maximum absolute atomic E-state index is 5.98. The highest BCUT2D eigenvalue weighted by Gasteiger charge is 2.22. The van der Waals surface area contributed by atoms with Gasteiger partial charge in [-0.1, -0.05) is 37.2 Å². The topological polar surface area (TPSA) is 71.7 Å². The zero-order valence-corrected chi connectivity index (χ0v) is 17.2. The number of rotatable bonds is 10. The molecule has 0 amide bonds. The third kappa shape index (κ3) is 5.75. The molecule has 1 aromatic heterocycles. The molecule has 0 radical (unpaired) electrons. The summed E-state index contributed by atoms with van der Waals surface area (Å²) in [5.74, 6) is 3.68. The largest absolute Gasteiger partial charge is 0.493 e. The van der Waals surface area contributed by atoms with E-state index in [2.05, 4.69) is 40.7 Å². The van der Waals surface area contributed by atoms with Gasteiger partial charge < -0.3 is 19.9 Å². The van der Waals surface area contributed by atoms with Crippen molar-refractivity contribution in [3.8, 4) is 5.75 Å². The smallest absolute Gasteiger partial charge is 0.191 e. The molecule has 0 aliphatic heterocycles. The van der Waals surface area contributed by atoms with Crippen molar-refractivity contribution in [1.82, 2.24) is 15.8 Å². The predicted molar refractivity (Wildman–Crippen MR) is 112 cm³/mol. The van der Waals surface area contributed by atoms with Crippen LogP contribution in [0.15, 0.2) is 39.8 Å². The first-order valence-corrected chi connectivity index (χ1v) is 10.3. The summed E-state index contributed by atoms with van der Waals surface area (Å²) in [4.78, 5) is 4.30. The van der Waals surface area contributed by atoms with E-state index < -0.39 is 0 Å². The number of ether oxygens (including phenoxy) is 1. The van der Waals surface area contributed by atoms with E-state index in [-0.39, 0.29) is 0 Å². The molecule has 0 spiro atoms. The lowest BCUT2D eigenvalue weighted by Gasteiger charge is -2.14. The van der Waals surface area contributed by atoms with Gasteiger partial charge in [0.2, 0.25) is 0 Å². The Balaban J connectivity index is 1.50. The maximum Gasteiger partial charge on any atom is 0.191 e. The number of para-hydroxylation sites is 1. The van der Waals surface area contributed by atoms with Crippen LogP contribution in [0, 0.1) is 5.92 Å². The molecule has 1 aliphatic carbocycles. The molecule has 1 aromatic carbocycles. The lowest BCUT2D eigenvalue weighted by Crippen LogP contribution is -2.36. The molecule has 28 heavy (non-hydrogen) atoms. The highest BCUT2D eigenvalue weighted by atomic mass is 16.5. The van der Waals surface area contributed by atoms with Gasteiger partial charge in [0.15, 0.2) is 11.7 Å². The van der Waals surface area contributed by atoms with Crippen LogP contribution < -0.4 is 15.4 Å². The second-order valence-electron chi connectivity index (χ2n) is 7.37. The van der Waals surface area contributed by atoms with Gasteiger partial charge in [0.05, 0.1) is 18.8 Å². The third-order valence-electron chi connectivity index (χ3n) is 5.23. The van der Waals surface area contributed by atoms with Gasteiger partial charge in [-0.2, -0.15) is 0 Å². The van der Waals surface area contributed by atoms with E-state index in [0.717, 1.165) is 54.1 Å². The molecule has 1 aliphatic rings. The van der Waals surface area contributed by atoms with Crippen LogP contribution in [0.5, 0.6) is 5.75 Å². The summed E-state index contributed by atoms with van der Waals surface area (Å²) in [6.07, 6.45) is 4.72. The Morgan fingerprint density at radius 2 is 1.96 bits per heavy atom. The fraction of sp³-hybridized carbons (Fsp3) is 0.545. The first-order chi connectivity index (χ1) is 13.7. The molecule has 6 heteroatoms. The van der Waals surface area contributed by atoms with Gasteiger partial charge in [0.25, 0.3) is 0 Å². The Bertz CT molecular complexity index is 763. The quantitative estimate of drug-likeness (QED) is 0.474. The highest BCUT2D eigenvalue weighted by molar-refractivity contribution is 5.79. The van der Waals surface area contributed by atoms with Crippen molar-refractivity contribution in [2.45, 2.75) is 58.5 Å². The van der Waals surface area contributed by atoms with Crippen LogP contribution in [-0.4, -0.2) is 24.8 Å². The van der Waals surface area contributed by atoms with Crippen molar-refractivity contribution in [3.63, 3.8) is 0 Å². The number of aromatic nitrogens is 1. The summed E-state index contributed by atoms with van der Waals surface area (Å²) < 4.78 is 11.5. The summed E-state index contributed by atoms with van der Waals surface area (Å²) in [5.41, 5.74) is 2.16. The number of aliphatic imine (C=N–C) groups is 1. The Morgan fingerprint density at radius 1 is 1.21 bits per heavy atom. The minimum Gasteiger partial charge on any atom is -0.493 e. The van der Waals surface area contributed by atoms with Crippen molar-refractivity contribution >= 4 is 5.96 Å². The van der Waals surface area contributed by atoms with Crippen molar-refractivity contribution in [1.29, 1.82) is 0 Å². The fourth-order valence-electron chi connectivity index (χ4n) is 3.16. The molecule has 0 unspecified atom stereocenters. The zero-order chi connectivity index (χ0) is 19.8. The summed E-state index contributed by atoms with van der Waals surface area (Å²) in [5, 5.41) is 10.9. The van der Waals surface area contributed by atoms with Gasteiger partial charge in [-0.3, -0.25) is 4.99 Å². The predicted octanol–water partition coefficient (Wildman–Crippen LogP) is 4.23. The first-order valence-electron chi connectivity index (χ1n) is 10.3. The first kappa shape index (κ1) is 20.2. The summed E-state index contributed by atoms with van der Waals surface area (Å²) >= 11 is 0. The summed E-state index contributed by atoms with van der Waals surface area (Å²) in [6.45, 7) is 6.37. The molecule has 2 N–H and O–H groups in total. The van der Waals surface area contributed by atoms with Crippen LogP contribution in [-0.2, 0) is 13.1 Å². The van der Waals surface area contributed by atoms with E-state index in [1.165, 1.54) is 12.8 Å². The molecular weight excluding hydrogens is 352 g/mol. The SMILES string of the molecule is CCC(CC)c1cc(CNC(=NC)NCc2ccccc2OCC2CC2)on1.